The molecule has 0 aliphatic carbocycles. The Labute approximate surface area is 153 Å². The van der Waals surface area contributed by atoms with Crippen LogP contribution in [0.3, 0.4) is 0 Å². The summed E-state index contributed by atoms with van der Waals surface area (Å²) in [5.74, 6) is 1.34. The van der Waals surface area contributed by atoms with Crippen molar-refractivity contribution in [1.29, 1.82) is 0 Å². The summed E-state index contributed by atoms with van der Waals surface area (Å²) >= 11 is 0. The number of ether oxygens (including phenoxy) is 1. The minimum Gasteiger partial charge on any atom is -0.495 e. The van der Waals surface area contributed by atoms with Gasteiger partial charge in [0.15, 0.2) is 0 Å². The summed E-state index contributed by atoms with van der Waals surface area (Å²) in [6.45, 7) is 5.08. The number of fused-ring (bicyclic) bond motifs is 1. The summed E-state index contributed by atoms with van der Waals surface area (Å²) in [5, 5.41) is 4.08. The number of para-hydroxylation sites is 3. The smallest absolute Gasteiger partial charge is 0.266 e. The second-order valence-corrected chi connectivity index (χ2v) is 6.33. The lowest BCUT2D eigenvalue weighted by molar-refractivity contribution is 0.411. The molecule has 0 amide bonds. The van der Waals surface area contributed by atoms with Gasteiger partial charge < -0.3 is 10.1 Å². The zero-order valence-electron chi connectivity index (χ0n) is 15.5. The van der Waals surface area contributed by atoms with Crippen LogP contribution in [-0.2, 0) is 0 Å². The topological polar surface area (TPSA) is 56.2 Å². The summed E-state index contributed by atoms with van der Waals surface area (Å²) in [6.07, 6.45) is 2.20. The molecule has 0 saturated heterocycles. The van der Waals surface area contributed by atoms with Gasteiger partial charge in [0.2, 0.25) is 0 Å². The van der Waals surface area contributed by atoms with E-state index in [9.17, 15) is 4.79 Å². The van der Waals surface area contributed by atoms with E-state index in [1.165, 1.54) is 0 Å². The maximum Gasteiger partial charge on any atom is 0.266 e. The molecular weight excluding hydrogens is 326 g/mol. The molecule has 2 aromatic carbocycles. The molecule has 0 bridgehead atoms. The van der Waals surface area contributed by atoms with E-state index in [1.807, 2.05) is 55.5 Å². The molecule has 26 heavy (non-hydrogen) atoms. The summed E-state index contributed by atoms with van der Waals surface area (Å²) in [6, 6.07) is 14.9. The van der Waals surface area contributed by atoms with Crippen LogP contribution in [-0.4, -0.2) is 23.2 Å². The monoisotopic (exact) mass is 351 g/mol. The van der Waals surface area contributed by atoms with E-state index in [-0.39, 0.29) is 11.6 Å². The third kappa shape index (κ3) is 3.48. The van der Waals surface area contributed by atoms with Crippen molar-refractivity contribution in [2.45, 2.75) is 32.7 Å². The zero-order chi connectivity index (χ0) is 18.5. The van der Waals surface area contributed by atoms with Crippen molar-refractivity contribution in [1.82, 2.24) is 14.9 Å². The Balaban J connectivity index is 2.23. The number of nitrogens with zero attached hydrogens (tertiary/aromatic N) is 2. The molecule has 1 atom stereocenters. The lowest BCUT2D eigenvalue weighted by Gasteiger charge is -2.20. The number of hydrogen-bond acceptors (Lipinski definition) is 4. The SMILES string of the molecule is CCCCNC(C)c1nc2ccccc2c(=O)n1-c1ccccc1OC. The van der Waals surface area contributed by atoms with Crippen LogP contribution >= 0.6 is 0 Å². The molecule has 0 radical (unpaired) electrons. The number of methoxy groups -OCH3 is 1. The molecule has 3 aromatic rings. The minimum absolute atomic E-state index is 0.0660. The van der Waals surface area contributed by atoms with Gasteiger partial charge in [-0.2, -0.15) is 0 Å². The van der Waals surface area contributed by atoms with Gasteiger partial charge >= 0.3 is 0 Å². The van der Waals surface area contributed by atoms with Crippen LogP contribution in [0, 0.1) is 0 Å². The summed E-state index contributed by atoms with van der Waals surface area (Å²) < 4.78 is 7.16. The van der Waals surface area contributed by atoms with Crippen molar-refractivity contribution in [2.75, 3.05) is 13.7 Å². The summed E-state index contributed by atoms with van der Waals surface area (Å²) in [4.78, 5) is 18.1. The highest BCUT2D eigenvalue weighted by Crippen LogP contribution is 2.25. The molecule has 1 aromatic heterocycles. The molecule has 5 heteroatoms. The summed E-state index contributed by atoms with van der Waals surface area (Å²) in [5.41, 5.74) is 1.33. The number of unbranched alkanes of at least 4 members (excludes halogenated alkanes) is 1. The first kappa shape index (κ1) is 18.1. The highest BCUT2D eigenvalue weighted by Gasteiger charge is 2.19. The number of rotatable bonds is 7. The average molecular weight is 351 g/mol. The van der Waals surface area contributed by atoms with Crippen LogP contribution in [0.15, 0.2) is 53.3 Å². The molecule has 0 fully saturated rings. The van der Waals surface area contributed by atoms with Gasteiger partial charge in [0.25, 0.3) is 5.56 Å². The van der Waals surface area contributed by atoms with Crippen LogP contribution in [0.25, 0.3) is 16.6 Å². The predicted octanol–water partition coefficient (Wildman–Crippen LogP) is 3.85. The Bertz CT molecular complexity index is 949. The van der Waals surface area contributed by atoms with Crippen molar-refractivity contribution in [3.63, 3.8) is 0 Å². The molecule has 136 valence electrons. The highest BCUT2D eigenvalue weighted by atomic mass is 16.5. The van der Waals surface area contributed by atoms with Crippen molar-refractivity contribution >= 4 is 10.9 Å². The highest BCUT2D eigenvalue weighted by molar-refractivity contribution is 5.78. The number of nitrogens with one attached hydrogen (secondary N) is 1. The van der Waals surface area contributed by atoms with E-state index >= 15 is 0 Å². The van der Waals surface area contributed by atoms with E-state index in [0.29, 0.717) is 28.2 Å². The molecule has 5 nitrogen and oxygen atoms in total. The van der Waals surface area contributed by atoms with E-state index in [4.69, 9.17) is 9.72 Å². The Morgan fingerprint density at radius 3 is 2.65 bits per heavy atom. The lowest BCUT2D eigenvalue weighted by atomic mass is 10.2. The van der Waals surface area contributed by atoms with Gasteiger partial charge in [-0.3, -0.25) is 9.36 Å². The molecule has 3 rings (SSSR count). The second-order valence-electron chi connectivity index (χ2n) is 6.33. The lowest BCUT2D eigenvalue weighted by Crippen LogP contribution is -2.30. The van der Waals surface area contributed by atoms with E-state index in [0.717, 1.165) is 19.4 Å². The van der Waals surface area contributed by atoms with Crippen LogP contribution in [0.2, 0.25) is 0 Å². The van der Waals surface area contributed by atoms with Gasteiger partial charge in [-0.1, -0.05) is 37.6 Å². The van der Waals surface area contributed by atoms with Gasteiger partial charge in [-0.05, 0) is 44.2 Å². The quantitative estimate of drug-likeness (QED) is 0.657. The first-order valence-corrected chi connectivity index (χ1v) is 9.05. The molecule has 0 saturated carbocycles. The largest absolute Gasteiger partial charge is 0.495 e. The van der Waals surface area contributed by atoms with Gasteiger partial charge in [0.1, 0.15) is 11.6 Å². The molecule has 0 spiro atoms. The Morgan fingerprint density at radius 1 is 1.15 bits per heavy atom. The molecule has 1 unspecified atom stereocenters. The fourth-order valence-corrected chi connectivity index (χ4v) is 3.07. The normalized spacial score (nSPS) is 12.3. The maximum atomic E-state index is 13.3. The van der Waals surface area contributed by atoms with Gasteiger partial charge in [-0.25, -0.2) is 4.98 Å². The molecule has 0 aliphatic rings. The van der Waals surface area contributed by atoms with E-state index in [2.05, 4.69) is 12.2 Å². The molecule has 1 N–H and O–H groups in total. The fourth-order valence-electron chi connectivity index (χ4n) is 3.07. The van der Waals surface area contributed by atoms with Gasteiger partial charge in [0, 0.05) is 0 Å². The first-order valence-electron chi connectivity index (χ1n) is 9.05. The van der Waals surface area contributed by atoms with Gasteiger partial charge in [0.05, 0.1) is 29.7 Å². The fraction of sp³-hybridized carbons (Fsp3) is 0.333. The Kier molecular flexibility index (Phi) is 5.68. The molecular formula is C21H25N3O2. The number of aromatic nitrogens is 2. The molecule has 0 aliphatic heterocycles. The maximum absolute atomic E-state index is 13.3. The van der Waals surface area contributed by atoms with Crippen LogP contribution < -0.4 is 15.6 Å². The average Bonchev–Trinajstić information content (AvgIpc) is 2.68. The molecule has 1 heterocycles. The second kappa shape index (κ2) is 8.15. The van der Waals surface area contributed by atoms with Crippen LogP contribution in [0.5, 0.6) is 5.75 Å². The standard InChI is InChI=1S/C21H25N3O2/c1-4-5-14-22-15(2)20-23-17-11-7-6-10-16(17)21(25)24(20)18-12-8-9-13-19(18)26-3/h6-13,15,22H,4-5,14H2,1-3H3. The van der Waals surface area contributed by atoms with Crippen molar-refractivity contribution in [3.05, 3.63) is 64.7 Å². The van der Waals surface area contributed by atoms with Crippen LogP contribution in [0.1, 0.15) is 38.6 Å². The summed E-state index contributed by atoms with van der Waals surface area (Å²) in [7, 11) is 1.61. The Hall–Kier alpha value is -2.66. The number of benzene rings is 2. The Morgan fingerprint density at radius 2 is 1.88 bits per heavy atom. The van der Waals surface area contributed by atoms with Crippen molar-refractivity contribution in [3.8, 4) is 11.4 Å². The van der Waals surface area contributed by atoms with Gasteiger partial charge in [-0.15, -0.1) is 0 Å². The van der Waals surface area contributed by atoms with E-state index < -0.39 is 0 Å². The zero-order valence-corrected chi connectivity index (χ0v) is 15.5. The van der Waals surface area contributed by atoms with Crippen molar-refractivity contribution in [2.24, 2.45) is 0 Å². The predicted molar refractivity (Wildman–Crippen MR) is 105 cm³/mol. The van der Waals surface area contributed by atoms with Crippen LogP contribution in [0.4, 0.5) is 0 Å². The minimum atomic E-state index is -0.0840. The third-order valence-corrected chi connectivity index (χ3v) is 4.50. The number of hydrogen-bond donors (Lipinski definition) is 1. The van der Waals surface area contributed by atoms with Crippen molar-refractivity contribution < 1.29 is 4.74 Å². The third-order valence-electron chi connectivity index (χ3n) is 4.50. The first-order chi connectivity index (χ1) is 12.7. The van der Waals surface area contributed by atoms with E-state index in [1.54, 1.807) is 11.7 Å².